The first kappa shape index (κ1) is 10.9. The van der Waals surface area contributed by atoms with Gasteiger partial charge in [-0.1, -0.05) is 23.7 Å². The number of nitrogens with zero attached hydrogens (tertiary/aromatic N) is 1. The molecule has 1 N–H and O–H groups in total. The second kappa shape index (κ2) is 4.49. The minimum Gasteiger partial charge on any atom is -0.310 e. The fourth-order valence-corrected chi connectivity index (χ4v) is 1.81. The molecular weight excluding hydrogens is 224 g/mol. The molecule has 82 valence electrons. The molecule has 1 heterocycles. The Morgan fingerprint density at radius 3 is 3.06 bits per heavy atom. The van der Waals surface area contributed by atoms with E-state index in [1.165, 1.54) is 0 Å². The van der Waals surface area contributed by atoms with Crippen molar-refractivity contribution >= 4 is 22.5 Å². The standard InChI is InChI=1S/C12H11ClN2O/c1-2-3-7-10-14-9-6-4-5-8(13)11(9)12(16)15-10/h2,4-6H,1,3,7H2,(H,14,15,16). The molecule has 0 aliphatic heterocycles. The number of aryl methyl sites for hydroxylation is 1. The lowest BCUT2D eigenvalue weighted by atomic mass is 10.2. The highest BCUT2D eigenvalue weighted by Crippen LogP contribution is 2.17. The summed E-state index contributed by atoms with van der Waals surface area (Å²) in [7, 11) is 0. The summed E-state index contributed by atoms with van der Waals surface area (Å²) in [5.41, 5.74) is 0.449. The highest BCUT2D eigenvalue weighted by atomic mass is 35.5. The summed E-state index contributed by atoms with van der Waals surface area (Å²) in [5, 5.41) is 0.882. The van der Waals surface area contributed by atoms with Crippen molar-refractivity contribution in [3.8, 4) is 0 Å². The van der Waals surface area contributed by atoms with E-state index >= 15 is 0 Å². The quantitative estimate of drug-likeness (QED) is 0.830. The summed E-state index contributed by atoms with van der Waals surface area (Å²) in [6.07, 6.45) is 3.26. The molecule has 2 rings (SSSR count). The molecule has 16 heavy (non-hydrogen) atoms. The van der Waals surface area contributed by atoms with Crippen LogP contribution in [0.3, 0.4) is 0 Å². The molecule has 4 heteroatoms. The number of rotatable bonds is 3. The third kappa shape index (κ3) is 1.99. The van der Waals surface area contributed by atoms with Crippen LogP contribution < -0.4 is 5.56 Å². The van der Waals surface area contributed by atoms with Gasteiger partial charge in [-0.25, -0.2) is 4.98 Å². The van der Waals surface area contributed by atoms with Crippen molar-refractivity contribution < 1.29 is 0 Å². The highest BCUT2D eigenvalue weighted by Gasteiger charge is 2.06. The number of nitrogens with one attached hydrogen (secondary N) is 1. The van der Waals surface area contributed by atoms with Crippen molar-refractivity contribution in [2.24, 2.45) is 0 Å². The lowest BCUT2D eigenvalue weighted by Gasteiger charge is -2.02. The molecule has 0 aliphatic rings. The van der Waals surface area contributed by atoms with Gasteiger partial charge >= 0.3 is 0 Å². The van der Waals surface area contributed by atoms with Gasteiger partial charge in [-0.3, -0.25) is 4.79 Å². The van der Waals surface area contributed by atoms with Gasteiger partial charge < -0.3 is 4.98 Å². The Labute approximate surface area is 97.8 Å². The van der Waals surface area contributed by atoms with Crippen molar-refractivity contribution in [1.82, 2.24) is 9.97 Å². The van der Waals surface area contributed by atoms with Crippen LogP contribution in [0.15, 0.2) is 35.6 Å². The SMILES string of the molecule is C=CCCc1nc2cccc(Cl)c2c(=O)[nH]1. The molecule has 0 aliphatic carbocycles. The first-order valence-corrected chi connectivity index (χ1v) is 5.38. The van der Waals surface area contributed by atoms with Crippen LogP contribution in [-0.4, -0.2) is 9.97 Å². The van der Waals surface area contributed by atoms with Gasteiger partial charge in [0, 0.05) is 6.42 Å². The van der Waals surface area contributed by atoms with Crippen LogP contribution in [0, 0.1) is 0 Å². The summed E-state index contributed by atoms with van der Waals surface area (Å²) in [6.45, 7) is 3.63. The topological polar surface area (TPSA) is 45.8 Å². The number of halogens is 1. The van der Waals surface area contributed by atoms with Gasteiger partial charge in [0.25, 0.3) is 5.56 Å². The van der Waals surface area contributed by atoms with Crippen molar-refractivity contribution in [3.05, 3.63) is 52.1 Å². The van der Waals surface area contributed by atoms with Gasteiger partial charge in [0.15, 0.2) is 0 Å². The Morgan fingerprint density at radius 2 is 2.31 bits per heavy atom. The summed E-state index contributed by atoms with van der Waals surface area (Å²) in [6, 6.07) is 5.26. The maximum atomic E-state index is 11.8. The monoisotopic (exact) mass is 234 g/mol. The van der Waals surface area contributed by atoms with Crippen molar-refractivity contribution in [3.63, 3.8) is 0 Å². The Hall–Kier alpha value is -1.61. The second-order valence-corrected chi connectivity index (χ2v) is 3.88. The number of aromatic amines is 1. The van der Waals surface area contributed by atoms with Gasteiger partial charge in [0.2, 0.25) is 0 Å². The largest absolute Gasteiger partial charge is 0.310 e. The zero-order chi connectivity index (χ0) is 11.5. The van der Waals surface area contributed by atoms with Crippen LogP contribution >= 0.6 is 11.6 Å². The van der Waals surface area contributed by atoms with Crippen LogP contribution in [0.25, 0.3) is 10.9 Å². The van der Waals surface area contributed by atoms with Crippen LogP contribution in [0.1, 0.15) is 12.2 Å². The predicted octanol–water partition coefficient (Wildman–Crippen LogP) is 2.70. The molecule has 0 bridgehead atoms. The smallest absolute Gasteiger partial charge is 0.260 e. The first-order valence-electron chi connectivity index (χ1n) is 5.00. The predicted molar refractivity (Wildman–Crippen MR) is 65.9 cm³/mol. The molecular formula is C12H11ClN2O. The number of aromatic nitrogens is 2. The molecule has 0 amide bonds. The van der Waals surface area contributed by atoms with Crippen molar-refractivity contribution in [1.29, 1.82) is 0 Å². The zero-order valence-electron chi connectivity index (χ0n) is 8.66. The number of H-pyrrole nitrogens is 1. The Morgan fingerprint density at radius 1 is 1.50 bits per heavy atom. The normalized spacial score (nSPS) is 10.6. The van der Waals surface area contributed by atoms with E-state index in [9.17, 15) is 4.79 Å². The fourth-order valence-electron chi connectivity index (χ4n) is 1.55. The van der Waals surface area contributed by atoms with E-state index in [0.29, 0.717) is 28.2 Å². The summed E-state index contributed by atoms with van der Waals surface area (Å²) in [4.78, 5) is 18.9. The molecule has 0 saturated carbocycles. The number of allylic oxidation sites excluding steroid dienone is 1. The van der Waals surface area contributed by atoms with Gasteiger partial charge in [0.05, 0.1) is 15.9 Å². The molecule has 0 atom stereocenters. The van der Waals surface area contributed by atoms with E-state index in [4.69, 9.17) is 11.6 Å². The molecule has 1 aromatic carbocycles. The van der Waals surface area contributed by atoms with E-state index in [-0.39, 0.29) is 5.56 Å². The molecule has 0 spiro atoms. The van der Waals surface area contributed by atoms with E-state index in [1.807, 2.05) is 0 Å². The molecule has 3 nitrogen and oxygen atoms in total. The molecule has 0 saturated heterocycles. The molecule has 0 radical (unpaired) electrons. The third-order valence-electron chi connectivity index (χ3n) is 2.32. The highest BCUT2D eigenvalue weighted by molar-refractivity contribution is 6.35. The Kier molecular flexibility index (Phi) is 3.06. The molecule has 2 aromatic rings. The van der Waals surface area contributed by atoms with Gasteiger partial charge in [-0.2, -0.15) is 0 Å². The van der Waals surface area contributed by atoms with Crippen molar-refractivity contribution in [2.45, 2.75) is 12.8 Å². The molecule has 0 unspecified atom stereocenters. The van der Waals surface area contributed by atoms with Gasteiger partial charge in [-0.15, -0.1) is 6.58 Å². The van der Waals surface area contributed by atoms with Crippen molar-refractivity contribution in [2.75, 3.05) is 0 Å². The van der Waals surface area contributed by atoms with E-state index in [1.54, 1.807) is 24.3 Å². The first-order chi connectivity index (χ1) is 7.72. The summed E-state index contributed by atoms with van der Waals surface area (Å²) in [5.74, 6) is 0.666. The fraction of sp³-hybridized carbons (Fsp3) is 0.167. The number of hydrogen-bond acceptors (Lipinski definition) is 2. The van der Waals surface area contributed by atoms with Crippen LogP contribution in [0.5, 0.6) is 0 Å². The van der Waals surface area contributed by atoms with Gasteiger partial charge in [0.1, 0.15) is 5.82 Å². The maximum absolute atomic E-state index is 11.8. The summed E-state index contributed by atoms with van der Waals surface area (Å²) < 4.78 is 0. The summed E-state index contributed by atoms with van der Waals surface area (Å²) >= 11 is 5.94. The van der Waals surface area contributed by atoms with Crippen LogP contribution in [0.2, 0.25) is 5.02 Å². The second-order valence-electron chi connectivity index (χ2n) is 3.47. The molecule has 0 fully saturated rings. The van der Waals surface area contributed by atoms with Gasteiger partial charge in [-0.05, 0) is 18.6 Å². The Balaban J connectivity index is 2.59. The number of benzene rings is 1. The maximum Gasteiger partial charge on any atom is 0.260 e. The lowest BCUT2D eigenvalue weighted by Crippen LogP contribution is -2.12. The van der Waals surface area contributed by atoms with Crippen LogP contribution in [-0.2, 0) is 6.42 Å². The van der Waals surface area contributed by atoms with E-state index < -0.39 is 0 Å². The Bertz CT molecular complexity index is 589. The minimum atomic E-state index is -0.185. The van der Waals surface area contributed by atoms with E-state index in [2.05, 4.69) is 16.5 Å². The lowest BCUT2D eigenvalue weighted by molar-refractivity contribution is 0.883. The third-order valence-corrected chi connectivity index (χ3v) is 2.63. The zero-order valence-corrected chi connectivity index (χ0v) is 9.42. The molecule has 1 aromatic heterocycles. The van der Waals surface area contributed by atoms with Crippen LogP contribution in [0.4, 0.5) is 0 Å². The van der Waals surface area contributed by atoms with E-state index in [0.717, 1.165) is 6.42 Å². The number of fused-ring (bicyclic) bond motifs is 1. The average Bonchev–Trinajstić information content (AvgIpc) is 2.26. The minimum absolute atomic E-state index is 0.185. The average molecular weight is 235 g/mol. The number of hydrogen-bond donors (Lipinski definition) is 1.